The maximum Gasteiger partial charge on any atom is 0.267 e. The second-order valence-corrected chi connectivity index (χ2v) is 4.17. The smallest absolute Gasteiger partial charge is 0.267 e. The maximum atomic E-state index is 11.2. The highest BCUT2D eigenvalue weighted by molar-refractivity contribution is 9.10. The summed E-state index contributed by atoms with van der Waals surface area (Å²) in [6, 6.07) is 0. The van der Waals surface area contributed by atoms with Crippen LogP contribution >= 0.6 is 15.9 Å². The largest absolute Gasteiger partial charge is 0.369 e. The molecule has 15 heavy (non-hydrogen) atoms. The lowest BCUT2D eigenvalue weighted by atomic mass is 10.2. The second kappa shape index (κ2) is 6.61. The van der Waals surface area contributed by atoms with Crippen LogP contribution in [0.25, 0.3) is 0 Å². The summed E-state index contributed by atoms with van der Waals surface area (Å²) in [5.74, 6) is 0.621. The number of H-pyrrole nitrogens is 1. The molecule has 0 fully saturated rings. The number of rotatable bonds is 6. The van der Waals surface area contributed by atoms with Crippen molar-refractivity contribution in [3.63, 3.8) is 0 Å². The van der Waals surface area contributed by atoms with E-state index >= 15 is 0 Å². The average Bonchev–Trinajstić information content (AvgIpc) is 2.24. The van der Waals surface area contributed by atoms with Crippen LogP contribution in [0.2, 0.25) is 0 Å². The van der Waals surface area contributed by atoms with E-state index in [0.29, 0.717) is 10.3 Å². The number of unbranched alkanes of at least 4 members (excludes halogenated alkanes) is 3. The first-order chi connectivity index (χ1) is 7.25. The number of hydrogen-bond donors (Lipinski definition) is 2. The van der Waals surface area contributed by atoms with Crippen molar-refractivity contribution in [1.82, 2.24) is 9.97 Å². The molecule has 0 aromatic carbocycles. The quantitative estimate of drug-likeness (QED) is 0.784. The van der Waals surface area contributed by atoms with E-state index in [1.807, 2.05) is 0 Å². The van der Waals surface area contributed by atoms with Gasteiger partial charge < -0.3 is 10.3 Å². The predicted octanol–water partition coefficient (Wildman–Crippen LogP) is 2.52. The Morgan fingerprint density at radius 2 is 2.27 bits per heavy atom. The molecule has 1 aromatic heterocycles. The van der Waals surface area contributed by atoms with Gasteiger partial charge in [-0.25, -0.2) is 4.98 Å². The van der Waals surface area contributed by atoms with Gasteiger partial charge in [-0.05, 0) is 22.4 Å². The molecule has 0 radical (unpaired) electrons. The van der Waals surface area contributed by atoms with Crippen LogP contribution in [0.5, 0.6) is 0 Å². The average molecular weight is 274 g/mol. The summed E-state index contributed by atoms with van der Waals surface area (Å²) in [5, 5.41) is 3.13. The fourth-order valence-electron chi connectivity index (χ4n) is 1.26. The predicted molar refractivity (Wildman–Crippen MR) is 65.2 cm³/mol. The molecule has 0 aliphatic rings. The Labute approximate surface area is 97.6 Å². The number of anilines is 1. The zero-order chi connectivity index (χ0) is 11.1. The molecule has 1 rings (SSSR count). The highest BCUT2D eigenvalue weighted by Crippen LogP contribution is 2.13. The molecule has 0 saturated heterocycles. The Kier molecular flexibility index (Phi) is 5.39. The van der Waals surface area contributed by atoms with Gasteiger partial charge in [0.2, 0.25) is 0 Å². The molecule has 1 aromatic rings. The van der Waals surface area contributed by atoms with Gasteiger partial charge in [0.15, 0.2) is 0 Å². The molecule has 0 atom stereocenters. The first kappa shape index (κ1) is 12.2. The zero-order valence-electron chi connectivity index (χ0n) is 8.85. The minimum absolute atomic E-state index is 0.152. The lowest BCUT2D eigenvalue weighted by molar-refractivity contribution is 0.684. The minimum Gasteiger partial charge on any atom is -0.369 e. The Balaban J connectivity index is 2.38. The van der Waals surface area contributed by atoms with E-state index in [9.17, 15) is 4.79 Å². The van der Waals surface area contributed by atoms with Crippen molar-refractivity contribution in [2.45, 2.75) is 32.6 Å². The Bertz CT molecular complexity index is 351. The molecule has 0 bridgehead atoms. The molecule has 0 aliphatic carbocycles. The molecule has 0 unspecified atom stereocenters. The van der Waals surface area contributed by atoms with E-state index in [-0.39, 0.29) is 5.56 Å². The van der Waals surface area contributed by atoms with Crippen molar-refractivity contribution in [2.24, 2.45) is 0 Å². The maximum absolute atomic E-state index is 11.2. The van der Waals surface area contributed by atoms with E-state index in [1.165, 1.54) is 25.6 Å². The Hall–Kier alpha value is -0.840. The van der Waals surface area contributed by atoms with Crippen LogP contribution in [0.4, 0.5) is 5.82 Å². The van der Waals surface area contributed by atoms with Crippen molar-refractivity contribution in [3.8, 4) is 0 Å². The van der Waals surface area contributed by atoms with Crippen molar-refractivity contribution < 1.29 is 0 Å². The summed E-state index contributed by atoms with van der Waals surface area (Å²) >= 11 is 3.19. The lowest BCUT2D eigenvalue weighted by Crippen LogP contribution is -2.12. The van der Waals surface area contributed by atoms with Crippen molar-refractivity contribution in [1.29, 1.82) is 0 Å². The van der Waals surface area contributed by atoms with Gasteiger partial charge in [-0.15, -0.1) is 0 Å². The topological polar surface area (TPSA) is 57.8 Å². The van der Waals surface area contributed by atoms with Crippen LogP contribution in [0, 0.1) is 0 Å². The van der Waals surface area contributed by atoms with E-state index in [4.69, 9.17) is 0 Å². The number of aromatic nitrogens is 2. The highest BCUT2D eigenvalue weighted by Gasteiger charge is 2.03. The third kappa shape index (κ3) is 4.03. The Morgan fingerprint density at radius 1 is 1.47 bits per heavy atom. The fourth-order valence-corrected chi connectivity index (χ4v) is 1.62. The van der Waals surface area contributed by atoms with Crippen LogP contribution in [0.15, 0.2) is 15.6 Å². The van der Waals surface area contributed by atoms with E-state index in [1.54, 1.807) is 0 Å². The summed E-state index contributed by atoms with van der Waals surface area (Å²) in [6.07, 6.45) is 6.21. The SMILES string of the molecule is CCCCCCNc1nc[nH]c(=O)c1Br. The lowest BCUT2D eigenvalue weighted by Gasteiger charge is -2.05. The molecule has 0 aliphatic heterocycles. The van der Waals surface area contributed by atoms with Crippen LogP contribution in [0.1, 0.15) is 32.6 Å². The van der Waals surface area contributed by atoms with Gasteiger partial charge >= 0.3 is 0 Å². The monoisotopic (exact) mass is 273 g/mol. The van der Waals surface area contributed by atoms with Crippen LogP contribution in [0.3, 0.4) is 0 Å². The first-order valence-corrected chi connectivity index (χ1v) is 6.02. The number of nitrogens with one attached hydrogen (secondary N) is 2. The molecule has 1 heterocycles. The number of nitrogens with zero attached hydrogens (tertiary/aromatic N) is 1. The molecule has 4 nitrogen and oxygen atoms in total. The van der Waals surface area contributed by atoms with Gasteiger partial charge in [0.1, 0.15) is 10.3 Å². The minimum atomic E-state index is -0.152. The molecule has 0 spiro atoms. The van der Waals surface area contributed by atoms with Crippen molar-refractivity contribution in [3.05, 3.63) is 21.2 Å². The van der Waals surface area contributed by atoms with Crippen LogP contribution in [-0.2, 0) is 0 Å². The fraction of sp³-hybridized carbons (Fsp3) is 0.600. The Morgan fingerprint density at radius 3 is 3.00 bits per heavy atom. The summed E-state index contributed by atoms with van der Waals surface area (Å²) in [4.78, 5) is 17.7. The van der Waals surface area contributed by atoms with Gasteiger partial charge in [-0.2, -0.15) is 0 Å². The molecule has 0 saturated carbocycles. The van der Waals surface area contributed by atoms with Crippen LogP contribution < -0.4 is 10.9 Å². The summed E-state index contributed by atoms with van der Waals surface area (Å²) in [6.45, 7) is 3.04. The van der Waals surface area contributed by atoms with Gasteiger partial charge in [-0.1, -0.05) is 26.2 Å². The van der Waals surface area contributed by atoms with E-state index in [0.717, 1.165) is 13.0 Å². The van der Waals surface area contributed by atoms with Gasteiger partial charge in [0.05, 0.1) is 6.33 Å². The van der Waals surface area contributed by atoms with Crippen molar-refractivity contribution in [2.75, 3.05) is 11.9 Å². The third-order valence-electron chi connectivity index (χ3n) is 2.12. The van der Waals surface area contributed by atoms with Gasteiger partial charge in [0, 0.05) is 6.54 Å². The normalized spacial score (nSPS) is 10.3. The molecular formula is C10H16BrN3O. The summed E-state index contributed by atoms with van der Waals surface area (Å²) < 4.78 is 0.473. The van der Waals surface area contributed by atoms with Gasteiger partial charge in [0.25, 0.3) is 5.56 Å². The number of halogens is 1. The van der Waals surface area contributed by atoms with Crippen molar-refractivity contribution >= 4 is 21.7 Å². The molecule has 2 N–H and O–H groups in total. The second-order valence-electron chi connectivity index (χ2n) is 3.38. The van der Waals surface area contributed by atoms with Gasteiger partial charge in [-0.3, -0.25) is 4.79 Å². The zero-order valence-corrected chi connectivity index (χ0v) is 10.4. The molecule has 0 amide bonds. The third-order valence-corrected chi connectivity index (χ3v) is 2.86. The summed E-state index contributed by atoms with van der Waals surface area (Å²) in [7, 11) is 0. The molecule has 84 valence electrons. The number of hydrogen-bond acceptors (Lipinski definition) is 3. The van der Waals surface area contributed by atoms with E-state index in [2.05, 4.69) is 38.1 Å². The number of aromatic amines is 1. The first-order valence-electron chi connectivity index (χ1n) is 5.22. The molecular weight excluding hydrogens is 258 g/mol. The standard InChI is InChI=1S/C10H16BrN3O/c1-2-3-4-5-6-12-9-8(11)10(15)14-7-13-9/h7H,2-6H2,1H3,(H2,12,13,14,15). The van der Waals surface area contributed by atoms with Crippen LogP contribution in [-0.4, -0.2) is 16.5 Å². The molecule has 5 heteroatoms. The van der Waals surface area contributed by atoms with E-state index < -0.39 is 0 Å². The summed E-state index contributed by atoms with van der Waals surface area (Å²) in [5.41, 5.74) is -0.152. The highest BCUT2D eigenvalue weighted by atomic mass is 79.9.